The highest BCUT2D eigenvalue weighted by atomic mass is 19.1. The van der Waals surface area contributed by atoms with Crippen LogP contribution in [-0.4, -0.2) is 42.4 Å². The summed E-state index contributed by atoms with van der Waals surface area (Å²) in [6, 6.07) is 6.16. The van der Waals surface area contributed by atoms with Gasteiger partial charge in [0.05, 0.1) is 6.54 Å². The molecule has 0 unspecified atom stereocenters. The van der Waals surface area contributed by atoms with Crippen LogP contribution in [0, 0.1) is 5.82 Å². The minimum Gasteiger partial charge on any atom is -0.355 e. The Morgan fingerprint density at radius 3 is 2.50 bits per heavy atom. The fourth-order valence-corrected chi connectivity index (χ4v) is 3.86. The van der Waals surface area contributed by atoms with Crippen LogP contribution in [-0.2, 0) is 15.0 Å². The zero-order chi connectivity index (χ0) is 18.6. The molecule has 4 amide bonds. The van der Waals surface area contributed by atoms with Crippen LogP contribution in [0.5, 0.6) is 0 Å². The molecular weight excluding hydrogens is 337 g/mol. The van der Waals surface area contributed by atoms with Crippen LogP contribution in [0.1, 0.15) is 44.1 Å². The molecule has 1 saturated heterocycles. The van der Waals surface area contributed by atoms with Crippen molar-refractivity contribution >= 4 is 17.8 Å². The van der Waals surface area contributed by atoms with Gasteiger partial charge in [0.1, 0.15) is 5.82 Å². The van der Waals surface area contributed by atoms with Crippen molar-refractivity contribution < 1.29 is 18.8 Å². The van der Waals surface area contributed by atoms with E-state index in [9.17, 15) is 18.8 Å². The van der Waals surface area contributed by atoms with E-state index in [0.717, 1.165) is 36.1 Å². The van der Waals surface area contributed by atoms with Gasteiger partial charge >= 0.3 is 6.03 Å². The smallest absolute Gasteiger partial charge is 0.324 e. The molecule has 140 valence electrons. The Balaban J connectivity index is 1.50. The second kappa shape index (κ2) is 7.85. The van der Waals surface area contributed by atoms with Gasteiger partial charge in [0.15, 0.2) is 0 Å². The molecule has 0 aromatic heterocycles. The summed E-state index contributed by atoms with van der Waals surface area (Å²) in [6.07, 6.45) is 4.84. The fraction of sp³-hybridized carbons (Fsp3) is 0.526. The summed E-state index contributed by atoms with van der Waals surface area (Å²) in [7, 11) is 0. The van der Waals surface area contributed by atoms with E-state index in [4.69, 9.17) is 0 Å². The maximum absolute atomic E-state index is 13.2. The van der Waals surface area contributed by atoms with Gasteiger partial charge in [-0.3, -0.25) is 14.5 Å². The Morgan fingerprint density at radius 2 is 1.88 bits per heavy atom. The Morgan fingerprint density at radius 1 is 1.19 bits per heavy atom. The highest BCUT2D eigenvalue weighted by molar-refractivity contribution is 6.01. The lowest BCUT2D eigenvalue weighted by atomic mass is 9.79. The molecule has 26 heavy (non-hydrogen) atoms. The average molecular weight is 361 g/mol. The first-order chi connectivity index (χ1) is 12.5. The van der Waals surface area contributed by atoms with Crippen LogP contribution >= 0.6 is 0 Å². The summed E-state index contributed by atoms with van der Waals surface area (Å²) in [5.74, 6) is -0.603. The average Bonchev–Trinajstić information content (AvgIpc) is 3.23. The number of rotatable bonds is 7. The summed E-state index contributed by atoms with van der Waals surface area (Å²) in [4.78, 5) is 36.3. The number of nitrogens with one attached hydrogen (secondary N) is 2. The number of amides is 4. The largest absolute Gasteiger partial charge is 0.355 e. The van der Waals surface area contributed by atoms with Crippen LogP contribution < -0.4 is 10.6 Å². The van der Waals surface area contributed by atoms with Crippen molar-refractivity contribution in [2.24, 2.45) is 0 Å². The number of nitrogens with zero attached hydrogens (tertiary/aromatic N) is 1. The molecule has 1 aliphatic heterocycles. The molecule has 0 spiro atoms. The highest BCUT2D eigenvalue weighted by Crippen LogP contribution is 2.40. The minimum absolute atomic E-state index is 0.0330. The number of carbonyl (C=O) groups is 3. The fourth-order valence-electron chi connectivity index (χ4n) is 3.86. The SMILES string of the molecule is O=C(CCCN1C(=O)CNC1=O)NCC1(c2ccc(F)cc2)CCCC1. The van der Waals surface area contributed by atoms with Crippen molar-refractivity contribution in [1.82, 2.24) is 15.5 Å². The van der Waals surface area contributed by atoms with Gasteiger partial charge in [0, 0.05) is 24.9 Å². The van der Waals surface area contributed by atoms with Gasteiger partial charge in [-0.1, -0.05) is 25.0 Å². The predicted octanol–water partition coefficient (Wildman–Crippen LogP) is 2.09. The molecule has 1 saturated carbocycles. The predicted molar refractivity (Wildman–Crippen MR) is 93.9 cm³/mol. The Labute approximate surface area is 152 Å². The molecule has 0 radical (unpaired) electrons. The molecule has 0 bridgehead atoms. The summed E-state index contributed by atoms with van der Waals surface area (Å²) < 4.78 is 13.2. The van der Waals surface area contributed by atoms with E-state index in [0.29, 0.717) is 13.0 Å². The topological polar surface area (TPSA) is 78.5 Å². The van der Waals surface area contributed by atoms with Crippen LogP contribution in [0.25, 0.3) is 0 Å². The van der Waals surface area contributed by atoms with E-state index in [1.54, 1.807) is 0 Å². The van der Waals surface area contributed by atoms with Gasteiger partial charge < -0.3 is 10.6 Å². The second-order valence-corrected chi connectivity index (χ2v) is 7.08. The summed E-state index contributed by atoms with van der Waals surface area (Å²) in [5, 5.41) is 5.45. The Kier molecular flexibility index (Phi) is 5.54. The molecule has 6 nitrogen and oxygen atoms in total. The van der Waals surface area contributed by atoms with E-state index < -0.39 is 6.03 Å². The molecule has 3 rings (SSSR count). The molecule has 2 fully saturated rings. The molecule has 0 atom stereocenters. The van der Waals surface area contributed by atoms with Crippen LogP contribution in [0.15, 0.2) is 24.3 Å². The molecule has 7 heteroatoms. The van der Waals surface area contributed by atoms with Crippen molar-refractivity contribution in [3.8, 4) is 0 Å². The van der Waals surface area contributed by atoms with Crippen molar-refractivity contribution in [3.05, 3.63) is 35.6 Å². The van der Waals surface area contributed by atoms with Crippen molar-refractivity contribution in [3.63, 3.8) is 0 Å². The van der Waals surface area contributed by atoms with Gasteiger partial charge in [0.25, 0.3) is 0 Å². The second-order valence-electron chi connectivity index (χ2n) is 7.08. The van der Waals surface area contributed by atoms with Gasteiger partial charge in [-0.05, 0) is 37.0 Å². The van der Waals surface area contributed by atoms with Gasteiger partial charge in [0.2, 0.25) is 11.8 Å². The van der Waals surface area contributed by atoms with E-state index in [1.807, 2.05) is 12.1 Å². The monoisotopic (exact) mass is 361 g/mol. The number of hydrogen-bond acceptors (Lipinski definition) is 3. The molecule has 1 aliphatic carbocycles. The molecule has 2 aliphatic rings. The number of carbonyl (C=O) groups excluding carboxylic acids is 3. The maximum Gasteiger partial charge on any atom is 0.324 e. The highest BCUT2D eigenvalue weighted by Gasteiger charge is 2.36. The first-order valence-corrected chi connectivity index (χ1v) is 9.11. The lowest BCUT2D eigenvalue weighted by molar-refractivity contribution is -0.126. The lowest BCUT2D eigenvalue weighted by Gasteiger charge is -2.30. The van der Waals surface area contributed by atoms with E-state index in [-0.39, 0.29) is 42.6 Å². The van der Waals surface area contributed by atoms with Crippen LogP contribution in [0.4, 0.5) is 9.18 Å². The van der Waals surface area contributed by atoms with Gasteiger partial charge in [-0.2, -0.15) is 0 Å². The molecular formula is C19H24FN3O3. The van der Waals surface area contributed by atoms with E-state index in [2.05, 4.69) is 10.6 Å². The van der Waals surface area contributed by atoms with E-state index >= 15 is 0 Å². The van der Waals surface area contributed by atoms with Crippen molar-refractivity contribution in [1.29, 1.82) is 0 Å². The van der Waals surface area contributed by atoms with E-state index in [1.165, 1.54) is 12.1 Å². The third-order valence-corrected chi connectivity index (χ3v) is 5.36. The Hall–Kier alpha value is -2.44. The number of halogens is 1. The summed E-state index contributed by atoms with van der Waals surface area (Å²) in [6.45, 7) is 0.813. The van der Waals surface area contributed by atoms with Crippen molar-refractivity contribution in [2.45, 2.75) is 43.9 Å². The third-order valence-electron chi connectivity index (χ3n) is 5.36. The normalized spacial score (nSPS) is 18.9. The first kappa shape index (κ1) is 18.4. The summed E-state index contributed by atoms with van der Waals surface area (Å²) in [5.41, 5.74) is 0.935. The maximum atomic E-state index is 13.2. The number of hydrogen-bond donors (Lipinski definition) is 2. The third kappa shape index (κ3) is 4.03. The molecule has 2 N–H and O–H groups in total. The molecule has 1 aromatic rings. The summed E-state index contributed by atoms with van der Waals surface area (Å²) >= 11 is 0. The molecule has 1 heterocycles. The Bertz CT molecular complexity index is 668. The zero-order valence-electron chi connectivity index (χ0n) is 14.7. The number of urea groups is 1. The zero-order valence-corrected chi connectivity index (χ0v) is 14.7. The minimum atomic E-state index is -0.392. The van der Waals surface area contributed by atoms with Crippen molar-refractivity contribution in [2.75, 3.05) is 19.6 Å². The number of benzene rings is 1. The van der Waals surface area contributed by atoms with Crippen LogP contribution in [0.3, 0.4) is 0 Å². The molecule has 1 aromatic carbocycles. The van der Waals surface area contributed by atoms with Gasteiger partial charge in [-0.25, -0.2) is 9.18 Å². The standard InChI is InChI=1S/C19H24FN3O3/c20-15-7-5-14(6-8-15)19(9-1-2-10-19)13-22-16(24)4-3-11-23-17(25)12-21-18(23)26/h5-8H,1-4,9-13H2,(H,21,26)(H,22,24). The quantitative estimate of drug-likeness (QED) is 0.730. The number of imide groups is 1. The van der Waals surface area contributed by atoms with Gasteiger partial charge in [-0.15, -0.1) is 0 Å². The lowest BCUT2D eigenvalue weighted by Crippen LogP contribution is -2.39. The first-order valence-electron chi connectivity index (χ1n) is 9.11. The van der Waals surface area contributed by atoms with Crippen LogP contribution in [0.2, 0.25) is 0 Å².